The molecular formula is C23H24N2O3. The van der Waals surface area contributed by atoms with Crippen molar-refractivity contribution in [2.75, 3.05) is 11.9 Å². The van der Waals surface area contributed by atoms with Crippen molar-refractivity contribution in [3.63, 3.8) is 0 Å². The molecule has 0 heterocycles. The van der Waals surface area contributed by atoms with Gasteiger partial charge in [0.25, 0.3) is 11.8 Å². The van der Waals surface area contributed by atoms with Gasteiger partial charge in [0.1, 0.15) is 5.75 Å². The first-order chi connectivity index (χ1) is 13.3. The lowest BCUT2D eigenvalue weighted by atomic mass is 10.1. The highest BCUT2D eigenvalue weighted by atomic mass is 16.5. The smallest absolute Gasteiger partial charge is 0.262 e. The molecular weight excluding hydrogens is 352 g/mol. The molecule has 0 bridgehead atoms. The number of ether oxygens (including phenoxy) is 1. The zero-order valence-electron chi connectivity index (χ0n) is 16.3. The third kappa shape index (κ3) is 5.33. The maximum absolute atomic E-state index is 12.1. The Kier molecular flexibility index (Phi) is 5.64. The highest BCUT2D eigenvalue weighted by Crippen LogP contribution is 2.20. The molecule has 28 heavy (non-hydrogen) atoms. The first-order valence-electron chi connectivity index (χ1n) is 9.14. The lowest BCUT2D eigenvalue weighted by Gasteiger charge is -2.20. The van der Waals surface area contributed by atoms with Crippen LogP contribution in [0, 0.1) is 0 Å². The fraction of sp³-hybridized carbons (Fsp3) is 0.217. The Labute approximate surface area is 164 Å². The van der Waals surface area contributed by atoms with Gasteiger partial charge < -0.3 is 15.4 Å². The monoisotopic (exact) mass is 376 g/mol. The molecule has 0 aliphatic heterocycles. The van der Waals surface area contributed by atoms with Crippen LogP contribution < -0.4 is 15.4 Å². The van der Waals surface area contributed by atoms with Crippen LogP contribution in [0.4, 0.5) is 5.69 Å². The van der Waals surface area contributed by atoms with E-state index >= 15 is 0 Å². The largest absolute Gasteiger partial charge is 0.484 e. The summed E-state index contributed by atoms with van der Waals surface area (Å²) in [5, 5.41) is 7.85. The minimum absolute atomic E-state index is 0.0927. The van der Waals surface area contributed by atoms with Crippen LogP contribution in [0.2, 0.25) is 0 Å². The van der Waals surface area contributed by atoms with Gasteiger partial charge in [-0.05, 0) is 67.9 Å². The summed E-state index contributed by atoms with van der Waals surface area (Å²) in [6, 6.07) is 20.4. The Morgan fingerprint density at radius 3 is 2.25 bits per heavy atom. The molecule has 5 nitrogen and oxygen atoms in total. The maximum Gasteiger partial charge on any atom is 0.262 e. The molecule has 0 fully saturated rings. The number of benzene rings is 3. The number of amides is 2. The first-order valence-corrected chi connectivity index (χ1v) is 9.14. The molecule has 0 radical (unpaired) electrons. The van der Waals surface area contributed by atoms with Crippen LogP contribution in [0.15, 0.2) is 66.7 Å². The minimum Gasteiger partial charge on any atom is -0.484 e. The summed E-state index contributed by atoms with van der Waals surface area (Å²) in [6.45, 7) is 5.68. The summed E-state index contributed by atoms with van der Waals surface area (Å²) in [4.78, 5) is 24.3. The normalized spacial score (nSPS) is 11.1. The molecule has 2 amide bonds. The number of anilines is 1. The third-order valence-electron chi connectivity index (χ3n) is 4.01. The van der Waals surface area contributed by atoms with Crippen LogP contribution in [-0.2, 0) is 4.79 Å². The van der Waals surface area contributed by atoms with Crippen molar-refractivity contribution < 1.29 is 14.3 Å². The summed E-state index contributed by atoms with van der Waals surface area (Å²) in [5.41, 5.74) is 0.851. The van der Waals surface area contributed by atoms with Crippen molar-refractivity contribution in [1.29, 1.82) is 0 Å². The van der Waals surface area contributed by atoms with Gasteiger partial charge in [-0.15, -0.1) is 0 Å². The van der Waals surface area contributed by atoms with Crippen molar-refractivity contribution in [2.24, 2.45) is 0 Å². The quantitative estimate of drug-likeness (QED) is 0.694. The summed E-state index contributed by atoms with van der Waals surface area (Å²) in [6.07, 6.45) is 0. The predicted octanol–water partition coefficient (Wildman–Crippen LogP) is 4.39. The lowest BCUT2D eigenvalue weighted by molar-refractivity contribution is -0.118. The van der Waals surface area contributed by atoms with E-state index in [1.165, 1.54) is 0 Å². The summed E-state index contributed by atoms with van der Waals surface area (Å²) >= 11 is 0. The fourth-order valence-corrected chi connectivity index (χ4v) is 2.72. The van der Waals surface area contributed by atoms with E-state index < -0.39 is 0 Å². The number of hydrogen-bond acceptors (Lipinski definition) is 3. The summed E-state index contributed by atoms with van der Waals surface area (Å²) in [7, 11) is 0. The molecule has 3 aromatic rings. The molecule has 0 unspecified atom stereocenters. The van der Waals surface area contributed by atoms with Crippen molar-refractivity contribution in [3.8, 4) is 5.75 Å². The van der Waals surface area contributed by atoms with Gasteiger partial charge in [0, 0.05) is 16.8 Å². The van der Waals surface area contributed by atoms with E-state index in [1.54, 1.807) is 24.3 Å². The average Bonchev–Trinajstić information content (AvgIpc) is 2.65. The van der Waals surface area contributed by atoms with Gasteiger partial charge in [-0.2, -0.15) is 0 Å². The predicted molar refractivity (Wildman–Crippen MR) is 112 cm³/mol. The van der Waals surface area contributed by atoms with Gasteiger partial charge in [-0.3, -0.25) is 9.59 Å². The molecule has 5 heteroatoms. The Hall–Kier alpha value is -3.34. The maximum atomic E-state index is 12.1. The van der Waals surface area contributed by atoms with E-state index in [9.17, 15) is 9.59 Å². The number of hydrogen-bond donors (Lipinski definition) is 2. The Morgan fingerprint density at radius 1 is 0.893 bits per heavy atom. The topological polar surface area (TPSA) is 67.4 Å². The number of carbonyl (C=O) groups is 2. The van der Waals surface area contributed by atoms with Crippen LogP contribution in [0.3, 0.4) is 0 Å². The van der Waals surface area contributed by atoms with Crippen molar-refractivity contribution in [1.82, 2.24) is 5.32 Å². The van der Waals surface area contributed by atoms with Gasteiger partial charge in [-0.25, -0.2) is 0 Å². The second-order valence-electron chi connectivity index (χ2n) is 7.63. The van der Waals surface area contributed by atoms with Crippen molar-refractivity contribution >= 4 is 28.3 Å². The molecule has 0 saturated heterocycles. The van der Waals surface area contributed by atoms with Gasteiger partial charge in [0.05, 0.1) is 0 Å². The van der Waals surface area contributed by atoms with E-state index in [1.807, 2.05) is 63.2 Å². The Balaban J connectivity index is 1.54. The molecule has 0 spiro atoms. The highest BCUT2D eigenvalue weighted by molar-refractivity contribution is 5.96. The zero-order chi connectivity index (χ0) is 20.1. The third-order valence-corrected chi connectivity index (χ3v) is 4.01. The van der Waals surface area contributed by atoms with E-state index in [4.69, 9.17) is 4.74 Å². The van der Waals surface area contributed by atoms with E-state index in [0.717, 1.165) is 10.8 Å². The fourth-order valence-electron chi connectivity index (χ4n) is 2.72. The van der Waals surface area contributed by atoms with Crippen LogP contribution in [0.1, 0.15) is 31.1 Å². The molecule has 0 aromatic heterocycles. The second-order valence-corrected chi connectivity index (χ2v) is 7.63. The molecule has 2 N–H and O–H groups in total. The van der Waals surface area contributed by atoms with Crippen LogP contribution in [0.5, 0.6) is 5.75 Å². The molecule has 144 valence electrons. The molecule has 0 atom stereocenters. The minimum atomic E-state index is -0.302. The number of fused-ring (bicyclic) bond motifs is 1. The van der Waals surface area contributed by atoms with E-state index in [2.05, 4.69) is 10.6 Å². The van der Waals surface area contributed by atoms with Crippen LogP contribution >= 0.6 is 0 Å². The molecule has 3 rings (SSSR count). The number of carbonyl (C=O) groups excluding carboxylic acids is 2. The van der Waals surface area contributed by atoms with Gasteiger partial charge in [0.2, 0.25) is 0 Å². The van der Waals surface area contributed by atoms with Gasteiger partial charge in [-0.1, -0.05) is 30.3 Å². The SMILES string of the molecule is CC(C)(C)NC(=O)c1ccc(NC(=O)COc2ccc3ccccc3c2)cc1. The Morgan fingerprint density at radius 2 is 1.57 bits per heavy atom. The summed E-state index contributed by atoms with van der Waals surface area (Å²) in [5.74, 6) is 0.230. The van der Waals surface area contributed by atoms with E-state index in [-0.39, 0.29) is 24.0 Å². The Bertz CT molecular complexity index is 989. The standard InChI is InChI=1S/C23H24N2O3/c1-23(2,3)25-22(27)17-8-11-19(12-9-17)24-21(26)15-28-20-13-10-16-6-4-5-7-18(16)14-20/h4-14H,15H2,1-3H3,(H,24,26)(H,25,27). The average molecular weight is 376 g/mol. The van der Waals surface area contributed by atoms with Crippen molar-refractivity contribution in [3.05, 3.63) is 72.3 Å². The number of nitrogens with one attached hydrogen (secondary N) is 2. The molecule has 0 aliphatic rings. The zero-order valence-corrected chi connectivity index (χ0v) is 16.3. The number of rotatable bonds is 5. The van der Waals surface area contributed by atoms with Crippen molar-refractivity contribution in [2.45, 2.75) is 26.3 Å². The summed E-state index contributed by atoms with van der Waals surface area (Å²) < 4.78 is 5.59. The molecule has 3 aromatic carbocycles. The van der Waals surface area contributed by atoms with Gasteiger partial charge >= 0.3 is 0 Å². The molecule has 0 aliphatic carbocycles. The van der Waals surface area contributed by atoms with Gasteiger partial charge in [0.15, 0.2) is 6.61 Å². The van der Waals surface area contributed by atoms with Crippen LogP contribution in [-0.4, -0.2) is 24.0 Å². The molecule has 0 saturated carbocycles. The second kappa shape index (κ2) is 8.13. The first kappa shape index (κ1) is 19.4. The van der Waals surface area contributed by atoms with E-state index in [0.29, 0.717) is 17.0 Å². The van der Waals surface area contributed by atoms with Crippen LogP contribution in [0.25, 0.3) is 10.8 Å². The lowest BCUT2D eigenvalue weighted by Crippen LogP contribution is -2.40. The highest BCUT2D eigenvalue weighted by Gasteiger charge is 2.15.